The standard InChI is InChI=1S/C20H23BFNO6S/c1-12-10-13(21-28-19(2,3)20(4,5)29-21)6-9-17(12)30(26,27)23-14-7-8-15(18(24)25)16(22)11-14/h6-11,23H,1-5H3,(H,24,25). The van der Waals surface area contributed by atoms with Gasteiger partial charge in [-0.1, -0.05) is 12.1 Å². The molecule has 0 radical (unpaired) electrons. The van der Waals surface area contributed by atoms with Crippen LogP contribution in [-0.2, 0) is 19.3 Å². The molecular weight excluding hydrogens is 412 g/mol. The van der Waals surface area contributed by atoms with Gasteiger partial charge in [0, 0.05) is 0 Å². The van der Waals surface area contributed by atoms with Crippen molar-refractivity contribution in [3.05, 3.63) is 53.3 Å². The van der Waals surface area contributed by atoms with Crippen LogP contribution in [0.2, 0.25) is 0 Å². The zero-order valence-electron chi connectivity index (χ0n) is 17.3. The third-order valence-corrected chi connectivity index (χ3v) is 7.01. The maximum Gasteiger partial charge on any atom is 0.494 e. The first kappa shape index (κ1) is 22.3. The zero-order valence-corrected chi connectivity index (χ0v) is 18.1. The number of anilines is 1. The fourth-order valence-electron chi connectivity index (χ4n) is 3.06. The molecule has 30 heavy (non-hydrogen) atoms. The number of hydrogen-bond acceptors (Lipinski definition) is 5. The number of benzene rings is 2. The summed E-state index contributed by atoms with van der Waals surface area (Å²) in [6, 6.07) is 7.74. The van der Waals surface area contributed by atoms with E-state index in [1.54, 1.807) is 19.1 Å². The molecule has 1 fully saturated rings. The van der Waals surface area contributed by atoms with Crippen molar-refractivity contribution in [3.8, 4) is 0 Å². The van der Waals surface area contributed by atoms with E-state index in [0.29, 0.717) is 11.0 Å². The lowest BCUT2D eigenvalue weighted by molar-refractivity contribution is 0.00578. The van der Waals surface area contributed by atoms with Crippen molar-refractivity contribution in [2.24, 2.45) is 0 Å². The molecule has 0 spiro atoms. The van der Waals surface area contributed by atoms with E-state index < -0.39 is 45.7 Å². The van der Waals surface area contributed by atoms with Gasteiger partial charge in [0.05, 0.1) is 27.3 Å². The topological polar surface area (TPSA) is 102 Å². The SMILES string of the molecule is Cc1cc(B2OC(C)(C)C(C)(C)O2)ccc1S(=O)(=O)Nc1ccc(C(=O)O)c(F)c1. The normalized spacial score (nSPS) is 17.7. The van der Waals surface area contributed by atoms with Crippen LogP contribution in [0, 0.1) is 12.7 Å². The van der Waals surface area contributed by atoms with Gasteiger partial charge >= 0.3 is 13.1 Å². The van der Waals surface area contributed by atoms with Gasteiger partial charge in [0.1, 0.15) is 5.82 Å². The predicted molar refractivity (Wildman–Crippen MR) is 111 cm³/mol. The summed E-state index contributed by atoms with van der Waals surface area (Å²) < 4.78 is 53.7. The number of rotatable bonds is 5. The largest absolute Gasteiger partial charge is 0.494 e. The van der Waals surface area contributed by atoms with Crippen molar-refractivity contribution in [1.82, 2.24) is 0 Å². The first-order valence-corrected chi connectivity index (χ1v) is 10.7. The van der Waals surface area contributed by atoms with Crippen LogP contribution in [0.5, 0.6) is 0 Å². The zero-order chi connectivity index (χ0) is 22.5. The van der Waals surface area contributed by atoms with Crippen molar-refractivity contribution in [2.45, 2.75) is 50.7 Å². The summed E-state index contributed by atoms with van der Waals surface area (Å²) in [5.74, 6) is -2.47. The molecule has 0 atom stereocenters. The molecule has 0 amide bonds. The highest BCUT2D eigenvalue weighted by atomic mass is 32.2. The molecule has 2 N–H and O–H groups in total. The van der Waals surface area contributed by atoms with Gasteiger partial charge in [-0.15, -0.1) is 0 Å². The van der Waals surface area contributed by atoms with Gasteiger partial charge in [0.2, 0.25) is 0 Å². The van der Waals surface area contributed by atoms with Crippen LogP contribution in [0.4, 0.5) is 10.1 Å². The molecule has 0 saturated carbocycles. The van der Waals surface area contributed by atoms with E-state index in [9.17, 15) is 17.6 Å². The number of sulfonamides is 1. The number of carboxylic acids is 1. The van der Waals surface area contributed by atoms with E-state index in [1.807, 2.05) is 27.7 Å². The predicted octanol–water partition coefficient (Wildman–Crippen LogP) is 2.93. The molecule has 0 aliphatic carbocycles. The van der Waals surface area contributed by atoms with Crippen LogP contribution >= 0.6 is 0 Å². The number of aryl methyl sites for hydroxylation is 1. The highest BCUT2D eigenvalue weighted by Gasteiger charge is 2.51. The summed E-state index contributed by atoms with van der Waals surface area (Å²) in [6.45, 7) is 9.35. The molecule has 1 aliphatic heterocycles. The van der Waals surface area contributed by atoms with Crippen LogP contribution < -0.4 is 10.2 Å². The molecule has 0 aromatic heterocycles. The first-order valence-electron chi connectivity index (χ1n) is 9.25. The molecular formula is C20H23BFNO6S. The molecule has 0 bridgehead atoms. The first-order chi connectivity index (χ1) is 13.7. The number of nitrogens with one attached hydrogen (secondary N) is 1. The Morgan fingerprint density at radius 1 is 1.07 bits per heavy atom. The third kappa shape index (κ3) is 4.07. The van der Waals surface area contributed by atoms with Gasteiger partial charge in [-0.25, -0.2) is 17.6 Å². The maximum atomic E-state index is 13.9. The van der Waals surface area contributed by atoms with E-state index in [1.165, 1.54) is 12.1 Å². The Bertz CT molecular complexity index is 1100. The van der Waals surface area contributed by atoms with E-state index in [4.69, 9.17) is 14.4 Å². The molecule has 160 valence electrons. The Hall–Kier alpha value is -2.43. The number of aromatic carboxylic acids is 1. The Labute approximate surface area is 175 Å². The molecule has 10 heteroatoms. The number of hydrogen-bond donors (Lipinski definition) is 2. The van der Waals surface area contributed by atoms with Crippen LogP contribution in [0.1, 0.15) is 43.6 Å². The quantitative estimate of drug-likeness (QED) is 0.701. The second-order valence-electron chi connectivity index (χ2n) is 8.22. The summed E-state index contributed by atoms with van der Waals surface area (Å²) in [4.78, 5) is 10.9. The molecule has 2 aromatic carbocycles. The number of carboxylic acid groups (broad SMARTS) is 1. The smallest absolute Gasteiger partial charge is 0.478 e. The molecule has 3 rings (SSSR count). The summed E-state index contributed by atoms with van der Waals surface area (Å²) in [5, 5.41) is 8.89. The second-order valence-corrected chi connectivity index (χ2v) is 9.87. The molecule has 1 heterocycles. The van der Waals surface area contributed by atoms with Gasteiger partial charge in [-0.05, 0) is 69.9 Å². The molecule has 1 aliphatic rings. The van der Waals surface area contributed by atoms with Gasteiger partial charge in [0.25, 0.3) is 10.0 Å². The lowest BCUT2D eigenvalue weighted by Gasteiger charge is -2.32. The van der Waals surface area contributed by atoms with Gasteiger partial charge < -0.3 is 14.4 Å². The monoisotopic (exact) mass is 435 g/mol. The summed E-state index contributed by atoms with van der Waals surface area (Å²) in [7, 11) is -4.65. The minimum Gasteiger partial charge on any atom is -0.478 e. The Morgan fingerprint density at radius 2 is 1.67 bits per heavy atom. The van der Waals surface area contributed by atoms with E-state index >= 15 is 0 Å². The molecule has 1 saturated heterocycles. The van der Waals surface area contributed by atoms with Crippen LogP contribution in [0.3, 0.4) is 0 Å². The van der Waals surface area contributed by atoms with Crippen molar-refractivity contribution >= 4 is 34.3 Å². The summed E-state index contributed by atoms with van der Waals surface area (Å²) >= 11 is 0. The highest BCUT2D eigenvalue weighted by Crippen LogP contribution is 2.36. The van der Waals surface area contributed by atoms with Crippen molar-refractivity contribution in [1.29, 1.82) is 0 Å². The maximum absolute atomic E-state index is 13.9. The summed E-state index contributed by atoms with van der Waals surface area (Å²) in [5.41, 5.74) is -0.527. The average molecular weight is 435 g/mol. The minimum absolute atomic E-state index is 0.00508. The van der Waals surface area contributed by atoms with Gasteiger partial charge in [-0.2, -0.15) is 0 Å². The number of halogens is 1. The lowest BCUT2D eigenvalue weighted by atomic mass is 9.78. The molecule has 0 unspecified atom stereocenters. The van der Waals surface area contributed by atoms with Crippen molar-refractivity contribution < 1.29 is 32.0 Å². The van der Waals surface area contributed by atoms with Crippen molar-refractivity contribution in [2.75, 3.05) is 4.72 Å². The second kappa shape index (κ2) is 7.37. The van der Waals surface area contributed by atoms with Crippen LogP contribution in [0.25, 0.3) is 0 Å². The minimum atomic E-state index is -4.03. The third-order valence-electron chi connectivity index (χ3n) is 5.47. The Balaban J connectivity index is 1.86. The van der Waals surface area contributed by atoms with E-state index in [-0.39, 0.29) is 10.6 Å². The average Bonchev–Trinajstić information content (AvgIpc) is 2.81. The molecule has 2 aromatic rings. The fraction of sp³-hybridized carbons (Fsp3) is 0.350. The number of carbonyl (C=O) groups is 1. The Morgan fingerprint density at radius 3 is 2.17 bits per heavy atom. The van der Waals surface area contributed by atoms with E-state index in [0.717, 1.165) is 12.1 Å². The lowest BCUT2D eigenvalue weighted by Crippen LogP contribution is -2.41. The van der Waals surface area contributed by atoms with Gasteiger partial charge in [-0.3, -0.25) is 4.72 Å². The summed E-state index contributed by atoms with van der Waals surface area (Å²) in [6.07, 6.45) is 0. The van der Waals surface area contributed by atoms with E-state index in [2.05, 4.69) is 4.72 Å². The van der Waals surface area contributed by atoms with Crippen LogP contribution in [0.15, 0.2) is 41.3 Å². The Kier molecular flexibility index (Phi) is 5.47. The molecule has 7 nitrogen and oxygen atoms in total. The highest BCUT2D eigenvalue weighted by molar-refractivity contribution is 7.92. The van der Waals surface area contributed by atoms with Crippen molar-refractivity contribution in [3.63, 3.8) is 0 Å². The fourth-order valence-corrected chi connectivity index (χ4v) is 4.34. The van der Waals surface area contributed by atoms with Gasteiger partial charge in [0.15, 0.2) is 0 Å². The van der Waals surface area contributed by atoms with Crippen LogP contribution in [-0.4, -0.2) is 37.8 Å².